The molecular weight excluding hydrogens is 552 g/mol. The van der Waals surface area contributed by atoms with Crippen molar-refractivity contribution < 1.29 is 19.5 Å². The first-order valence-electron chi connectivity index (χ1n) is 11.9. The zero-order valence-electron chi connectivity index (χ0n) is 19.1. The van der Waals surface area contributed by atoms with Crippen LogP contribution in [-0.2, 0) is 14.4 Å². The van der Waals surface area contributed by atoms with Gasteiger partial charge in [0, 0.05) is 20.5 Å². The third-order valence-corrected chi connectivity index (χ3v) is 11.3. The first kappa shape index (κ1) is 23.5. The second-order valence-electron chi connectivity index (χ2n) is 10.5. The molecule has 7 unspecified atom stereocenters. The maximum Gasteiger partial charge on any atom is 0.326 e. The number of aromatic amines is 1. The van der Waals surface area contributed by atoms with E-state index in [1.54, 1.807) is 11.8 Å². The molecule has 1 aromatic heterocycles. The molecule has 3 heterocycles. The molecule has 35 heavy (non-hydrogen) atoms. The fourth-order valence-electron chi connectivity index (χ4n) is 7.18. The molecule has 2 aromatic rings. The number of carboxylic acid groups (broad SMARTS) is 1. The number of imide groups is 1. The number of carboxylic acids is 1. The Labute approximate surface area is 218 Å². The molecule has 184 valence electrons. The van der Waals surface area contributed by atoms with Crippen molar-refractivity contribution in [3.05, 3.63) is 48.8 Å². The Morgan fingerprint density at radius 3 is 2.57 bits per heavy atom. The number of thioether (sulfide) groups is 1. The molecule has 2 aliphatic heterocycles. The van der Waals surface area contributed by atoms with Gasteiger partial charge in [0.2, 0.25) is 11.8 Å². The summed E-state index contributed by atoms with van der Waals surface area (Å²) in [5, 5.41) is 10.8. The van der Waals surface area contributed by atoms with Crippen LogP contribution >= 0.6 is 39.0 Å². The molecule has 1 aromatic carbocycles. The van der Waals surface area contributed by atoms with Crippen molar-refractivity contribution in [1.82, 2.24) is 9.88 Å². The molecule has 2 saturated carbocycles. The van der Waals surface area contributed by atoms with Gasteiger partial charge in [-0.15, -0.1) is 11.8 Å². The molecule has 8 atom stereocenters. The van der Waals surface area contributed by atoms with Gasteiger partial charge in [0.1, 0.15) is 6.04 Å². The van der Waals surface area contributed by atoms with E-state index in [0.29, 0.717) is 0 Å². The number of likely N-dealkylation sites (tertiary alicyclic amines) is 1. The molecule has 10 heteroatoms. The van der Waals surface area contributed by atoms with Gasteiger partial charge >= 0.3 is 10.8 Å². The summed E-state index contributed by atoms with van der Waals surface area (Å²) < 4.78 is 0.950. The smallest absolute Gasteiger partial charge is 0.326 e. The van der Waals surface area contributed by atoms with Crippen LogP contribution in [-0.4, -0.2) is 44.1 Å². The molecule has 7 nitrogen and oxygen atoms in total. The third-order valence-electron chi connectivity index (χ3n) is 8.26. The number of thiazole rings is 1. The van der Waals surface area contributed by atoms with E-state index in [1.807, 2.05) is 26.0 Å². The van der Waals surface area contributed by atoms with E-state index in [1.165, 1.54) is 11.3 Å². The second-order valence-corrected chi connectivity index (χ2v) is 13.7. The minimum atomic E-state index is -1.12. The topological polar surface area (TPSA) is 108 Å². The standard InChI is InChI=1S/C25H25BrN2O5S2/c1-9(2)6-14(24(31)32)28-22(29)17-12-8-13(18(17)23(28)30)19-16(12)15(10-4-3-5-11(26)7-10)20-21(34-19)27-25(33)35-20/h3-5,7,9,12-19H,6,8H2,1-2H3,(H,27,33)(H,31,32)/t12?,13?,14?,15-,16?,17?,18?,19?/m1/s1. The van der Waals surface area contributed by atoms with E-state index in [0.717, 1.165) is 31.3 Å². The zero-order chi connectivity index (χ0) is 24.8. The summed E-state index contributed by atoms with van der Waals surface area (Å²) in [6.07, 6.45) is 1.04. The Morgan fingerprint density at radius 1 is 1.20 bits per heavy atom. The minimum Gasteiger partial charge on any atom is -0.480 e. The SMILES string of the molecule is CC(C)CC(C(=O)O)N1C(=O)C2C3CC(C2C1=O)C1C3Sc2[nH]c(=O)sc2[C@@H]1c1cccc(Br)c1. The molecule has 4 aliphatic rings. The van der Waals surface area contributed by atoms with Crippen molar-refractivity contribution >= 4 is 56.8 Å². The maximum absolute atomic E-state index is 13.7. The van der Waals surface area contributed by atoms with Gasteiger partial charge in [-0.3, -0.25) is 19.3 Å². The van der Waals surface area contributed by atoms with Crippen LogP contribution in [0.4, 0.5) is 0 Å². The van der Waals surface area contributed by atoms with Crippen LogP contribution in [0.1, 0.15) is 43.0 Å². The van der Waals surface area contributed by atoms with Crippen LogP contribution in [0.3, 0.4) is 0 Å². The lowest BCUT2D eigenvalue weighted by Crippen LogP contribution is -2.47. The summed E-state index contributed by atoms with van der Waals surface area (Å²) in [6, 6.07) is 6.97. The highest BCUT2D eigenvalue weighted by Gasteiger charge is 2.70. The van der Waals surface area contributed by atoms with E-state index in [2.05, 4.69) is 33.0 Å². The number of rotatable bonds is 5. The van der Waals surface area contributed by atoms with Gasteiger partial charge in [-0.05, 0) is 54.2 Å². The number of hydrogen-bond acceptors (Lipinski definition) is 6. The van der Waals surface area contributed by atoms with Gasteiger partial charge in [0.15, 0.2) is 0 Å². The number of nitrogens with zero attached hydrogens (tertiary/aromatic N) is 1. The van der Waals surface area contributed by atoms with Crippen LogP contribution in [0.2, 0.25) is 0 Å². The number of aromatic nitrogens is 1. The molecular formula is C25H25BrN2O5S2. The number of benzene rings is 1. The summed E-state index contributed by atoms with van der Waals surface area (Å²) in [7, 11) is 0. The molecule has 2 bridgehead atoms. The number of aliphatic carboxylic acids is 1. The summed E-state index contributed by atoms with van der Waals surface area (Å²) in [5.74, 6) is -2.63. The number of H-pyrrole nitrogens is 1. The molecule has 2 aliphatic carbocycles. The lowest BCUT2D eigenvalue weighted by Gasteiger charge is -2.43. The number of fused-ring (bicyclic) bond motifs is 9. The Hall–Kier alpha value is -1.91. The number of carbonyl (C=O) groups excluding carboxylic acids is 2. The third kappa shape index (κ3) is 3.43. The van der Waals surface area contributed by atoms with Gasteiger partial charge in [-0.25, -0.2) is 4.79 Å². The highest BCUT2D eigenvalue weighted by atomic mass is 79.9. The summed E-state index contributed by atoms with van der Waals surface area (Å²) >= 11 is 6.44. The summed E-state index contributed by atoms with van der Waals surface area (Å²) in [5.41, 5.74) is 1.09. The van der Waals surface area contributed by atoms with Crippen molar-refractivity contribution in [3.63, 3.8) is 0 Å². The van der Waals surface area contributed by atoms with E-state index < -0.39 is 23.8 Å². The van der Waals surface area contributed by atoms with E-state index in [9.17, 15) is 24.3 Å². The molecule has 0 radical (unpaired) electrons. The molecule has 2 N–H and O–H groups in total. The second kappa shape index (κ2) is 8.31. The largest absolute Gasteiger partial charge is 0.480 e. The number of amides is 2. The highest BCUT2D eigenvalue weighted by molar-refractivity contribution is 9.10. The number of carbonyl (C=O) groups is 3. The average molecular weight is 578 g/mol. The molecule has 2 amide bonds. The van der Waals surface area contributed by atoms with E-state index >= 15 is 0 Å². The molecule has 3 fully saturated rings. The fourth-order valence-corrected chi connectivity index (χ4v) is 10.5. The van der Waals surface area contributed by atoms with Gasteiger partial charge in [-0.1, -0.05) is 53.2 Å². The van der Waals surface area contributed by atoms with Crippen molar-refractivity contribution in [3.8, 4) is 0 Å². The average Bonchev–Trinajstić information content (AvgIpc) is 3.51. The van der Waals surface area contributed by atoms with Gasteiger partial charge < -0.3 is 10.1 Å². The van der Waals surface area contributed by atoms with E-state index in [-0.39, 0.29) is 57.9 Å². The monoisotopic (exact) mass is 576 g/mol. The van der Waals surface area contributed by atoms with Crippen LogP contribution in [0.5, 0.6) is 0 Å². The summed E-state index contributed by atoms with van der Waals surface area (Å²) in [6.45, 7) is 3.80. The zero-order valence-corrected chi connectivity index (χ0v) is 22.4. The number of nitrogens with one attached hydrogen (secondary N) is 1. The quantitative estimate of drug-likeness (QED) is 0.517. The number of halogens is 1. The van der Waals surface area contributed by atoms with Gasteiger partial charge in [0.05, 0.1) is 16.9 Å². The van der Waals surface area contributed by atoms with Gasteiger partial charge in [0.25, 0.3) is 0 Å². The Balaban J connectivity index is 1.42. The fraction of sp³-hybridized carbons (Fsp3) is 0.520. The van der Waals surface area contributed by atoms with Crippen LogP contribution in [0.25, 0.3) is 0 Å². The van der Waals surface area contributed by atoms with Gasteiger partial charge in [-0.2, -0.15) is 0 Å². The first-order chi connectivity index (χ1) is 16.7. The van der Waals surface area contributed by atoms with Crippen molar-refractivity contribution in [2.75, 3.05) is 0 Å². The summed E-state index contributed by atoms with van der Waals surface area (Å²) in [4.78, 5) is 56.7. The van der Waals surface area contributed by atoms with E-state index in [4.69, 9.17) is 0 Å². The Morgan fingerprint density at radius 2 is 1.91 bits per heavy atom. The highest BCUT2D eigenvalue weighted by Crippen LogP contribution is 2.68. The molecule has 1 saturated heterocycles. The van der Waals surface area contributed by atoms with Crippen molar-refractivity contribution in [1.29, 1.82) is 0 Å². The number of hydrogen-bond donors (Lipinski definition) is 2. The van der Waals surface area contributed by atoms with Crippen LogP contribution < -0.4 is 4.87 Å². The molecule has 6 rings (SSSR count). The normalized spacial score (nSPS) is 33.7. The maximum atomic E-state index is 13.7. The lowest BCUT2D eigenvalue weighted by molar-refractivity contribution is -0.156. The Kier molecular flexibility index (Phi) is 5.58. The Bertz CT molecular complexity index is 1300. The first-order valence-corrected chi connectivity index (χ1v) is 14.4. The minimum absolute atomic E-state index is 0.0128. The van der Waals surface area contributed by atoms with Crippen molar-refractivity contribution in [2.24, 2.45) is 35.5 Å². The molecule has 0 spiro atoms. The van der Waals surface area contributed by atoms with Crippen molar-refractivity contribution in [2.45, 2.75) is 48.9 Å². The predicted octanol–water partition coefficient (Wildman–Crippen LogP) is 4.17. The lowest BCUT2D eigenvalue weighted by atomic mass is 9.68. The van der Waals surface area contributed by atoms with Crippen LogP contribution in [0, 0.1) is 35.5 Å². The van der Waals surface area contributed by atoms with Crippen LogP contribution in [0.15, 0.2) is 38.6 Å². The predicted molar refractivity (Wildman–Crippen MR) is 135 cm³/mol.